The topological polar surface area (TPSA) is 0 Å². The van der Waals surface area contributed by atoms with Gasteiger partial charge in [0.1, 0.15) is 0 Å². The average Bonchev–Trinajstić information content (AvgIpc) is 2.21. The van der Waals surface area contributed by atoms with Gasteiger partial charge in [-0.1, -0.05) is 0 Å². The molecule has 0 N–H and O–H groups in total. The number of rotatable bonds is 2. The molecular weight excluding hydrogens is 92.1 g/mol. The standard InChI is InChI=1S/C5H9S/c1-6-4-5-2-3-5/h2,5H,3-4H2,1H3. The molecule has 1 unspecified atom stereocenters. The molecule has 1 saturated carbocycles. The largest absolute Gasteiger partial charge is 0.165 e. The highest BCUT2D eigenvalue weighted by molar-refractivity contribution is 7.98. The third-order valence-electron chi connectivity index (χ3n) is 0.950. The van der Waals surface area contributed by atoms with Crippen molar-refractivity contribution >= 4 is 11.8 Å². The van der Waals surface area contributed by atoms with E-state index >= 15 is 0 Å². The maximum absolute atomic E-state index is 2.36. The number of thioether (sulfide) groups is 1. The van der Waals surface area contributed by atoms with Crippen LogP contribution in [-0.4, -0.2) is 12.0 Å². The van der Waals surface area contributed by atoms with Crippen LogP contribution in [0, 0.1) is 12.3 Å². The van der Waals surface area contributed by atoms with Gasteiger partial charge < -0.3 is 0 Å². The monoisotopic (exact) mass is 101 g/mol. The van der Waals surface area contributed by atoms with E-state index in [2.05, 4.69) is 12.7 Å². The molecule has 0 aromatic heterocycles. The second-order valence-corrected chi connectivity index (χ2v) is 2.60. The smallest absolute Gasteiger partial charge is 0.00391 e. The molecule has 1 fully saturated rings. The molecule has 1 heteroatoms. The molecule has 0 spiro atoms. The molecule has 1 radical (unpaired) electrons. The molecule has 0 aromatic rings. The molecule has 0 aliphatic heterocycles. The first-order chi connectivity index (χ1) is 2.93. The van der Waals surface area contributed by atoms with Crippen LogP contribution in [-0.2, 0) is 0 Å². The molecule has 0 nitrogen and oxygen atoms in total. The van der Waals surface area contributed by atoms with Gasteiger partial charge in [-0.2, -0.15) is 11.8 Å². The summed E-state index contributed by atoms with van der Waals surface area (Å²) in [4.78, 5) is 0. The molecule has 0 heterocycles. The third-order valence-corrected chi connectivity index (χ3v) is 1.71. The van der Waals surface area contributed by atoms with E-state index in [4.69, 9.17) is 0 Å². The van der Waals surface area contributed by atoms with Crippen LogP contribution in [0.15, 0.2) is 0 Å². The number of hydrogen-bond donors (Lipinski definition) is 0. The Hall–Kier alpha value is 0.350. The highest BCUT2D eigenvalue weighted by Crippen LogP contribution is 2.29. The zero-order chi connectivity index (χ0) is 4.41. The van der Waals surface area contributed by atoms with Gasteiger partial charge in [0.25, 0.3) is 0 Å². The molecule has 0 saturated heterocycles. The van der Waals surface area contributed by atoms with Crippen LogP contribution < -0.4 is 0 Å². The van der Waals surface area contributed by atoms with Crippen molar-refractivity contribution in [1.82, 2.24) is 0 Å². The van der Waals surface area contributed by atoms with Crippen LogP contribution in [0.2, 0.25) is 0 Å². The summed E-state index contributed by atoms with van der Waals surface area (Å²) < 4.78 is 0. The third kappa shape index (κ3) is 1.21. The lowest BCUT2D eigenvalue weighted by Crippen LogP contribution is -1.74. The predicted molar refractivity (Wildman–Crippen MR) is 30.8 cm³/mol. The van der Waals surface area contributed by atoms with Gasteiger partial charge >= 0.3 is 0 Å². The Balaban J connectivity index is 1.88. The van der Waals surface area contributed by atoms with Gasteiger partial charge in [-0.25, -0.2) is 0 Å². The van der Waals surface area contributed by atoms with Crippen LogP contribution in [0.4, 0.5) is 0 Å². The highest BCUT2D eigenvalue weighted by atomic mass is 32.2. The zero-order valence-corrected chi connectivity index (χ0v) is 4.79. The first-order valence-corrected chi connectivity index (χ1v) is 3.65. The summed E-state index contributed by atoms with van der Waals surface area (Å²) in [5.74, 6) is 2.33. The van der Waals surface area contributed by atoms with Gasteiger partial charge in [-0.3, -0.25) is 0 Å². The van der Waals surface area contributed by atoms with Crippen molar-refractivity contribution in [3.63, 3.8) is 0 Å². The van der Waals surface area contributed by atoms with Crippen molar-refractivity contribution in [3.05, 3.63) is 6.42 Å². The summed E-state index contributed by atoms with van der Waals surface area (Å²) in [5, 5.41) is 0. The van der Waals surface area contributed by atoms with E-state index in [1.165, 1.54) is 12.2 Å². The summed E-state index contributed by atoms with van der Waals surface area (Å²) in [5.41, 5.74) is 0. The molecule has 35 valence electrons. The van der Waals surface area contributed by atoms with E-state index in [-0.39, 0.29) is 0 Å². The highest BCUT2D eigenvalue weighted by Gasteiger charge is 2.19. The van der Waals surface area contributed by atoms with Crippen molar-refractivity contribution in [2.75, 3.05) is 12.0 Å². The van der Waals surface area contributed by atoms with Crippen LogP contribution in [0.5, 0.6) is 0 Å². The molecule has 0 aromatic carbocycles. The normalized spacial score (nSPS) is 21.5. The molecule has 1 aliphatic rings. The van der Waals surface area contributed by atoms with Crippen molar-refractivity contribution in [3.8, 4) is 0 Å². The van der Waals surface area contributed by atoms with E-state index in [0.29, 0.717) is 0 Å². The van der Waals surface area contributed by atoms with Crippen molar-refractivity contribution < 1.29 is 0 Å². The van der Waals surface area contributed by atoms with Crippen LogP contribution in [0.3, 0.4) is 0 Å². The Morgan fingerprint density at radius 2 is 2.67 bits per heavy atom. The van der Waals surface area contributed by atoms with Crippen LogP contribution in [0.25, 0.3) is 0 Å². The van der Waals surface area contributed by atoms with E-state index in [1.807, 2.05) is 11.8 Å². The summed E-state index contributed by atoms with van der Waals surface area (Å²) in [7, 11) is 0. The second kappa shape index (κ2) is 1.87. The Kier molecular flexibility index (Phi) is 1.41. The van der Waals surface area contributed by atoms with E-state index in [0.717, 1.165) is 5.92 Å². The molecule has 6 heavy (non-hydrogen) atoms. The summed E-state index contributed by atoms with van der Waals surface area (Å²) >= 11 is 1.94. The molecule has 1 rings (SSSR count). The van der Waals surface area contributed by atoms with E-state index < -0.39 is 0 Å². The first kappa shape index (κ1) is 4.51. The Labute approximate surface area is 43.3 Å². The van der Waals surface area contributed by atoms with Gasteiger partial charge in [-0.15, -0.1) is 0 Å². The van der Waals surface area contributed by atoms with E-state index in [1.54, 1.807) is 0 Å². The van der Waals surface area contributed by atoms with Gasteiger partial charge in [0.2, 0.25) is 0 Å². The maximum atomic E-state index is 2.36. The van der Waals surface area contributed by atoms with Gasteiger partial charge in [0, 0.05) is 0 Å². The molecular formula is C5H9S. The van der Waals surface area contributed by atoms with Gasteiger partial charge in [-0.05, 0) is 30.8 Å². The minimum absolute atomic E-state index is 0.986. The lowest BCUT2D eigenvalue weighted by atomic mass is 10.5. The van der Waals surface area contributed by atoms with Crippen LogP contribution >= 0.6 is 11.8 Å². The molecule has 1 aliphatic carbocycles. The molecule has 0 amide bonds. The van der Waals surface area contributed by atoms with Crippen molar-refractivity contribution in [2.24, 2.45) is 5.92 Å². The zero-order valence-electron chi connectivity index (χ0n) is 3.98. The fourth-order valence-corrected chi connectivity index (χ4v) is 1.15. The lowest BCUT2D eigenvalue weighted by molar-refractivity contribution is 1.04. The fourth-order valence-electron chi connectivity index (χ4n) is 0.446. The van der Waals surface area contributed by atoms with Crippen molar-refractivity contribution in [1.29, 1.82) is 0 Å². The summed E-state index contributed by atoms with van der Waals surface area (Å²) in [6.07, 6.45) is 5.89. The second-order valence-electron chi connectivity index (χ2n) is 1.69. The molecule has 0 bridgehead atoms. The van der Waals surface area contributed by atoms with Crippen LogP contribution in [0.1, 0.15) is 6.42 Å². The fraction of sp³-hybridized carbons (Fsp3) is 0.800. The maximum Gasteiger partial charge on any atom is -0.00391 e. The quantitative estimate of drug-likeness (QED) is 0.509. The first-order valence-electron chi connectivity index (χ1n) is 2.26. The predicted octanol–water partition coefficient (Wildman–Crippen LogP) is 1.57. The Morgan fingerprint density at radius 3 is 2.83 bits per heavy atom. The summed E-state index contributed by atoms with van der Waals surface area (Å²) in [6, 6.07) is 0. The molecule has 1 atom stereocenters. The average molecular weight is 101 g/mol. The Morgan fingerprint density at radius 1 is 2.00 bits per heavy atom. The van der Waals surface area contributed by atoms with E-state index in [9.17, 15) is 0 Å². The minimum atomic E-state index is 0.986. The van der Waals surface area contributed by atoms with Crippen molar-refractivity contribution in [2.45, 2.75) is 6.42 Å². The minimum Gasteiger partial charge on any atom is -0.165 e. The number of hydrogen-bond acceptors (Lipinski definition) is 1. The lowest BCUT2D eigenvalue weighted by Gasteiger charge is -1.83. The van der Waals surface area contributed by atoms with Gasteiger partial charge in [0.15, 0.2) is 0 Å². The SMILES string of the molecule is CSCC1[CH]C1. The summed E-state index contributed by atoms with van der Waals surface area (Å²) in [6.45, 7) is 0. The van der Waals surface area contributed by atoms with Gasteiger partial charge in [0.05, 0.1) is 0 Å². The Bertz CT molecular complexity index is 39.2.